The zero-order chi connectivity index (χ0) is 16.4. The smallest absolute Gasteiger partial charge is 0.227 e. The van der Waals surface area contributed by atoms with Gasteiger partial charge in [0.05, 0.1) is 25.3 Å². The van der Waals surface area contributed by atoms with Crippen molar-refractivity contribution < 1.29 is 14.1 Å². The fourth-order valence-electron chi connectivity index (χ4n) is 2.86. The van der Waals surface area contributed by atoms with Gasteiger partial charge in [0, 0.05) is 24.0 Å². The lowest BCUT2D eigenvalue weighted by atomic mass is 10.1. The summed E-state index contributed by atoms with van der Waals surface area (Å²) in [5.41, 5.74) is 3.68. The van der Waals surface area contributed by atoms with Crippen LogP contribution in [0.5, 0.6) is 0 Å². The van der Waals surface area contributed by atoms with Crippen LogP contribution in [-0.4, -0.2) is 40.6 Å². The highest BCUT2D eigenvalue weighted by Gasteiger charge is 2.26. The Hall–Kier alpha value is -2.21. The standard InChI is InChI=1S/C17H21N3O3/c1-11-8-14(4-5-18-11)16-10-20(6-7-22-16)17(21)9-15-12(2)19-23-13(15)3/h4-5,8,16H,6-7,9-10H2,1-3H3/t16-/m1/s1. The molecular formula is C17H21N3O3. The monoisotopic (exact) mass is 315 g/mol. The second-order valence-electron chi connectivity index (χ2n) is 5.91. The number of hydrogen-bond donors (Lipinski definition) is 0. The zero-order valence-corrected chi connectivity index (χ0v) is 13.7. The molecule has 1 amide bonds. The maximum atomic E-state index is 12.6. The minimum atomic E-state index is -0.0981. The minimum absolute atomic E-state index is 0.0819. The van der Waals surface area contributed by atoms with Crippen molar-refractivity contribution in [3.05, 3.63) is 46.6 Å². The van der Waals surface area contributed by atoms with Crippen LogP contribution in [-0.2, 0) is 16.0 Å². The molecule has 1 aliphatic heterocycles. The molecule has 3 rings (SSSR count). The van der Waals surface area contributed by atoms with Crippen LogP contribution in [0.3, 0.4) is 0 Å². The summed E-state index contributed by atoms with van der Waals surface area (Å²) in [6.45, 7) is 7.37. The Morgan fingerprint density at radius 3 is 2.91 bits per heavy atom. The number of morpholine rings is 1. The first-order chi connectivity index (χ1) is 11.0. The van der Waals surface area contributed by atoms with Gasteiger partial charge >= 0.3 is 0 Å². The van der Waals surface area contributed by atoms with E-state index in [1.54, 1.807) is 6.20 Å². The molecule has 6 heteroatoms. The third-order valence-electron chi connectivity index (χ3n) is 4.22. The molecule has 0 saturated carbocycles. The highest BCUT2D eigenvalue weighted by Crippen LogP contribution is 2.23. The molecule has 0 spiro atoms. The predicted molar refractivity (Wildman–Crippen MR) is 83.9 cm³/mol. The predicted octanol–water partition coefficient (Wildman–Crippen LogP) is 2.14. The van der Waals surface area contributed by atoms with Gasteiger partial charge in [-0.2, -0.15) is 0 Å². The first kappa shape index (κ1) is 15.7. The maximum absolute atomic E-state index is 12.6. The highest BCUT2D eigenvalue weighted by atomic mass is 16.5. The number of nitrogens with zero attached hydrogens (tertiary/aromatic N) is 3. The topological polar surface area (TPSA) is 68.5 Å². The number of carbonyl (C=O) groups is 1. The van der Waals surface area contributed by atoms with Gasteiger partial charge in [-0.15, -0.1) is 0 Å². The average Bonchev–Trinajstić information content (AvgIpc) is 2.87. The summed E-state index contributed by atoms with van der Waals surface area (Å²) in [4.78, 5) is 18.7. The van der Waals surface area contributed by atoms with Crippen LogP contribution in [0.25, 0.3) is 0 Å². The van der Waals surface area contributed by atoms with Gasteiger partial charge in [-0.3, -0.25) is 9.78 Å². The van der Waals surface area contributed by atoms with Crippen molar-refractivity contribution in [3.63, 3.8) is 0 Å². The van der Waals surface area contributed by atoms with Gasteiger partial charge in [-0.1, -0.05) is 5.16 Å². The molecule has 0 unspecified atom stereocenters. The summed E-state index contributed by atoms with van der Waals surface area (Å²) >= 11 is 0. The first-order valence-corrected chi connectivity index (χ1v) is 7.78. The van der Waals surface area contributed by atoms with E-state index in [1.165, 1.54) is 0 Å². The van der Waals surface area contributed by atoms with Gasteiger partial charge in [-0.25, -0.2) is 0 Å². The van der Waals surface area contributed by atoms with Crippen LogP contribution < -0.4 is 0 Å². The number of carbonyl (C=O) groups excluding carboxylic acids is 1. The number of hydrogen-bond acceptors (Lipinski definition) is 5. The lowest BCUT2D eigenvalue weighted by Gasteiger charge is -2.33. The van der Waals surface area contributed by atoms with E-state index in [9.17, 15) is 4.79 Å². The van der Waals surface area contributed by atoms with Crippen molar-refractivity contribution in [1.29, 1.82) is 0 Å². The van der Waals surface area contributed by atoms with Gasteiger partial charge in [0.15, 0.2) is 0 Å². The lowest BCUT2D eigenvalue weighted by Crippen LogP contribution is -2.43. The molecule has 0 bridgehead atoms. The van der Waals surface area contributed by atoms with Crippen molar-refractivity contribution in [2.24, 2.45) is 0 Å². The molecule has 1 fully saturated rings. The summed E-state index contributed by atoms with van der Waals surface area (Å²) < 4.78 is 11.0. The largest absolute Gasteiger partial charge is 0.370 e. The molecule has 3 heterocycles. The number of pyridine rings is 1. The summed E-state index contributed by atoms with van der Waals surface area (Å²) in [7, 11) is 0. The van der Waals surface area contributed by atoms with E-state index < -0.39 is 0 Å². The molecule has 2 aromatic heterocycles. The van der Waals surface area contributed by atoms with Crippen molar-refractivity contribution >= 4 is 5.91 Å². The number of rotatable bonds is 3. The molecule has 0 aliphatic carbocycles. The SMILES string of the molecule is Cc1cc([C@H]2CN(C(=O)Cc3c(C)noc3C)CCO2)ccn1. The Labute approximate surface area is 135 Å². The second-order valence-corrected chi connectivity index (χ2v) is 5.91. The Balaban J connectivity index is 1.70. The minimum Gasteiger partial charge on any atom is -0.370 e. The van der Waals surface area contributed by atoms with Crippen molar-refractivity contribution in [2.75, 3.05) is 19.7 Å². The molecule has 0 aromatic carbocycles. The van der Waals surface area contributed by atoms with Gasteiger partial charge in [0.1, 0.15) is 11.9 Å². The molecule has 23 heavy (non-hydrogen) atoms. The quantitative estimate of drug-likeness (QED) is 0.868. The lowest BCUT2D eigenvalue weighted by molar-refractivity contribution is -0.138. The van der Waals surface area contributed by atoms with Gasteiger partial charge in [-0.05, 0) is 38.5 Å². The molecule has 1 aliphatic rings. The Morgan fingerprint density at radius 1 is 1.39 bits per heavy atom. The molecule has 0 radical (unpaired) electrons. The highest BCUT2D eigenvalue weighted by molar-refractivity contribution is 5.79. The summed E-state index contributed by atoms with van der Waals surface area (Å²) in [5.74, 6) is 0.795. The molecule has 1 atom stereocenters. The van der Waals surface area contributed by atoms with Crippen molar-refractivity contribution in [2.45, 2.75) is 33.3 Å². The third kappa shape index (κ3) is 3.42. The van der Waals surface area contributed by atoms with Gasteiger partial charge < -0.3 is 14.2 Å². The molecule has 0 N–H and O–H groups in total. The van der Waals surface area contributed by atoms with E-state index in [-0.39, 0.29) is 12.0 Å². The summed E-state index contributed by atoms with van der Waals surface area (Å²) in [6.07, 6.45) is 2.00. The van der Waals surface area contributed by atoms with E-state index in [4.69, 9.17) is 9.26 Å². The molecule has 2 aromatic rings. The van der Waals surface area contributed by atoms with Crippen LogP contribution in [0.2, 0.25) is 0 Å². The Bertz CT molecular complexity index is 691. The van der Waals surface area contributed by atoms with Crippen LogP contribution in [0.15, 0.2) is 22.9 Å². The summed E-state index contributed by atoms with van der Waals surface area (Å²) in [6, 6.07) is 3.95. The normalized spacial score (nSPS) is 18.2. The van der Waals surface area contributed by atoms with Gasteiger partial charge in [0.25, 0.3) is 0 Å². The fraction of sp³-hybridized carbons (Fsp3) is 0.471. The number of aromatic nitrogens is 2. The number of amides is 1. The maximum Gasteiger partial charge on any atom is 0.227 e. The van der Waals surface area contributed by atoms with Crippen LogP contribution in [0.4, 0.5) is 0 Å². The van der Waals surface area contributed by atoms with Crippen LogP contribution in [0, 0.1) is 20.8 Å². The molecule has 1 saturated heterocycles. The molecule has 122 valence electrons. The van der Waals surface area contributed by atoms with Crippen molar-refractivity contribution in [1.82, 2.24) is 15.0 Å². The Kier molecular flexibility index (Phi) is 4.43. The van der Waals surface area contributed by atoms with E-state index in [0.29, 0.717) is 31.9 Å². The third-order valence-corrected chi connectivity index (χ3v) is 4.22. The second kappa shape index (κ2) is 6.50. The van der Waals surface area contributed by atoms with Crippen LogP contribution in [0.1, 0.15) is 34.4 Å². The van der Waals surface area contributed by atoms with E-state index in [0.717, 1.165) is 22.5 Å². The number of aryl methyl sites for hydroxylation is 3. The van der Waals surface area contributed by atoms with Crippen LogP contribution >= 0.6 is 0 Å². The van der Waals surface area contributed by atoms with Crippen molar-refractivity contribution in [3.8, 4) is 0 Å². The zero-order valence-electron chi connectivity index (χ0n) is 13.7. The van der Waals surface area contributed by atoms with Gasteiger partial charge in [0.2, 0.25) is 5.91 Å². The molecular weight excluding hydrogens is 294 g/mol. The van der Waals surface area contributed by atoms with E-state index in [1.807, 2.05) is 37.8 Å². The molecule has 6 nitrogen and oxygen atoms in total. The Morgan fingerprint density at radius 2 is 2.22 bits per heavy atom. The average molecular weight is 315 g/mol. The number of ether oxygens (including phenoxy) is 1. The van der Waals surface area contributed by atoms with E-state index >= 15 is 0 Å². The fourth-order valence-corrected chi connectivity index (χ4v) is 2.86. The summed E-state index contributed by atoms with van der Waals surface area (Å²) in [5, 5.41) is 3.91. The van der Waals surface area contributed by atoms with E-state index in [2.05, 4.69) is 10.1 Å². The first-order valence-electron chi connectivity index (χ1n) is 7.78.